The Hall–Kier alpha value is -0.810. The third-order valence-electron chi connectivity index (χ3n) is 3.50. The number of piperidine rings is 1. The first-order valence-electron chi connectivity index (χ1n) is 6.45. The highest BCUT2D eigenvalue weighted by atomic mass is 16.3. The molecule has 0 aromatic heterocycles. The molecule has 0 atom stereocenters. The molecular formula is C12H23N3O2. The number of aliphatic hydroxyl groups is 1. The zero-order chi connectivity index (χ0) is 12.5. The molecule has 0 spiro atoms. The monoisotopic (exact) mass is 241 g/mol. The van der Waals surface area contributed by atoms with E-state index in [1.165, 1.54) is 0 Å². The Kier molecular flexibility index (Phi) is 3.58. The van der Waals surface area contributed by atoms with E-state index in [4.69, 9.17) is 0 Å². The third kappa shape index (κ3) is 3.33. The predicted molar refractivity (Wildman–Crippen MR) is 65.9 cm³/mol. The van der Waals surface area contributed by atoms with Crippen molar-refractivity contribution in [2.24, 2.45) is 0 Å². The second-order valence-corrected chi connectivity index (χ2v) is 5.75. The van der Waals surface area contributed by atoms with Gasteiger partial charge in [0.1, 0.15) is 0 Å². The molecule has 2 N–H and O–H groups in total. The molecule has 2 aliphatic rings. The Morgan fingerprint density at radius 3 is 2.47 bits per heavy atom. The average Bonchev–Trinajstić information content (AvgIpc) is 2.63. The van der Waals surface area contributed by atoms with Gasteiger partial charge in [-0.3, -0.25) is 0 Å². The number of carbonyl (C=O) groups is 1. The van der Waals surface area contributed by atoms with Crippen molar-refractivity contribution in [3.63, 3.8) is 0 Å². The molecule has 0 bridgehead atoms. The van der Waals surface area contributed by atoms with Gasteiger partial charge in [-0.25, -0.2) is 4.79 Å². The smallest absolute Gasteiger partial charge is 0.317 e. The minimum absolute atomic E-state index is 0.0888. The van der Waals surface area contributed by atoms with Crippen LogP contribution < -0.4 is 5.32 Å². The molecule has 2 rings (SSSR count). The van der Waals surface area contributed by atoms with Crippen LogP contribution >= 0.6 is 0 Å². The minimum Gasteiger partial charge on any atom is -0.389 e. The first-order chi connectivity index (χ1) is 7.96. The summed E-state index contributed by atoms with van der Waals surface area (Å²) in [6, 6.07) is 0.474. The summed E-state index contributed by atoms with van der Waals surface area (Å²) in [5.74, 6) is 0. The molecule has 0 unspecified atom stereocenters. The highest BCUT2D eigenvalue weighted by Gasteiger charge is 2.31. The van der Waals surface area contributed by atoms with Gasteiger partial charge in [0.05, 0.1) is 5.60 Å². The van der Waals surface area contributed by atoms with Gasteiger partial charge in [-0.2, -0.15) is 0 Å². The Bertz CT molecular complexity index is 280. The Morgan fingerprint density at radius 2 is 2.00 bits per heavy atom. The quantitative estimate of drug-likeness (QED) is 0.744. The molecule has 2 amide bonds. The summed E-state index contributed by atoms with van der Waals surface area (Å²) in [7, 11) is 0. The Labute approximate surface area is 103 Å². The van der Waals surface area contributed by atoms with Crippen LogP contribution in [0.2, 0.25) is 0 Å². The lowest BCUT2D eigenvalue weighted by Gasteiger charge is -2.38. The summed E-state index contributed by atoms with van der Waals surface area (Å²) < 4.78 is 0. The normalized spacial score (nSPS) is 24.2. The van der Waals surface area contributed by atoms with Gasteiger partial charge in [-0.15, -0.1) is 0 Å². The lowest BCUT2D eigenvalue weighted by molar-refractivity contribution is 0.0217. The third-order valence-corrected chi connectivity index (χ3v) is 3.50. The van der Waals surface area contributed by atoms with Crippen LogP contribution in [-0.4, -0.2) is 65.3 Å². The fraction of sp³-hybridized carbons (Fsp3) is 0.917. The SMILES string of the molecule is CC(C)(O)CN1CCC(N2CCNC2=O)CC1. The van der Waals surface area contributed by atoms with E-state index in [1.807, 2.05) is 18.7 Å². The Morgan fingerprint density at radius 1 is 1.35 bits per heavy atom. The van der Waals surface area contributed by atoms with E-state index >= 15 is 0 Å². The number of β-amino-alcohol motifs (C(OH)–C–C–N with tert-alkyl or cyclic N) is 1. The van der Waals surface area contributed by atoms with E-state index in [2.05, 4.69) is 10.2 Å². The molecule has 5 nitrogen and oxygen atoms in total. The first-order valence-corrected chi connectivity index (χ1v) is 6.45. The van der Waals surface area contributed by atoms with Crippen LogP contribution in [0.4, 0.5) is 4.79 Å². The van der Waals surface area contributed by atoms with E-state index in [1.54, 1.807) is 0 Å². The highest BCUT2D eigenvalue weighted by Crippen LogP contribution is 2.19. The molecule has 2 aliphatic heterocycles. The molecule has 5 heteroatoms. The number of amides is 2. The van der Waals surface area contributed by atoms with Gasteiger partial charge in [0, 0.05) is 38.8 Å². The first kappa shape index (κ1) is 12.6. The standard InChI is InChI=1S/C12H23N3O2/c1-12(2,17)9-14-6-3-10(4-7-14)15-8-5-13-11(15)16/h10,17H,3-9H2,1-2H3,(H,13,16). The van der Waals surface area contributed by atoms with E-state index in [0.717, 1.165) is 39.0 Å². The molecule has 0 saturated carbocycles. The summed E-state index contributed by atoms with van der Waals surface area (Å²) in [6.45, 7) is 7.96. The van der Waals surface area contributed by atoms with Crippen molar-refractivity contribution in [3.8, 4) is 0 Å². The van der Waals surface area contributed by atoms with Gasteiger partial charge in [0.15, 0.2) is 0 Å². The van der Waals surface area contributed by atoms with Crippen molar-refractivity contribution in [2.45, 2.75) is 38.3 Å². The second kappa shape index (κ2) is 4.82. The lowest BCUT2D eigenvalue weighted by atomic mass is 10.0. The van der Waals surface area contributed by atoms with E-state index in [9.17, 15) is 9.90 Å². The molecule has 0 aromatic rings. The van der Waals surface area contributed by atoms with E-state index in [-0.39, 0.29) is 6.03 Å². The molecule has 2 saturated heterocycles. The topological polar surface area (TPSA) is 55.8 Å². The van der Waals surface area contributed by atoms with Gasteiger partial charge >= 0.3 is 6.03 Å². The number of carbonyl (C=O) groups excluding carboxylic acids is 1. The van der Waals surface area contributed by atoms with Crippen LogP contribution in [0.3, 0.4) is 0 Å². The summed E-state index contributed by atoms with van der Waals surface area (Å²) in [6.07, 6.45) is 2.03. The van der Waals surface area contributed by atoms with Crippen LogP contribution in [0.1, 0.15) is 26.7 Å². The van der Waals surface area contributed by atoms with Gasteiger partial charge in [-0.05, 0) is 26.7 Å². The summed E-state index contributed by atoms with van der Waals surface area (Å²) in [5.41, 5.74) is -0.627. The lowest BCUT2D eigenvalue weighted by Crippen LogP contribution is -2.49. The van der Waals surface area contributed by atoms with Crippen molar-refractivity contribution in [1.29, 1.82) is 0 Å². The summed E-state index contributed by atoms with van der Waals surface area (Å²) in [5, 5.41) is 12.6. The van der Waals surface area contributed by atoms with Crippen molar-refractivity contribution >= 4 is 6.03 Å². The molecule has 2 heterocycles. The zero-order valence-corrected chi connectivity index (χ0v) is 10.8. The maximum Gasteiger partial charge on any atom is 0.317 e. The molecule has 0 radical (unpaired) electrons. The zero-order valence-electron chi connectivity index (χ0n) is 10.8. The number of urea groups is 1. The van der Waals surface area contributed by atoms with Gasteiger partial charge < -0.3 is 20.2 Å². The van der Waals surface area contributed by atoms with Crippen molar-refractivity contribution in [1.82, 2.24) is 15.1 Å². The number of hydrogen-bond donors (Lipinski definition) is 2. The van der Waals surface area contributed by atoms with Gasteiger partial charge in [-0.1, -0.05) is 0 Å². The fourth-order valence-corrected chi connectivity index (χ4v) is 2.77. The fourth-order valence-electron chi connectivity index (χ4n) is 2.77. The van der Waals surface area contributed by atoms with Crippen LogP contribution in [0.15, 0.2) is 0 Å². The van der Waals surface area contributed by atoms with E-state index in [0.29, 0.717) is 12.6 Å². The maximum atomic E-state index is 11.5. The van der Waals surface area contributed by atoms with Crippen molar-refractivity contribution in [3.05, 3.63) is 0 Å². The number of likely N-dealkylation sites (tertiary alicyclic amines) is 1. The number of hydrogen-bond acceptors (Lipinski definition) is 3. The number of nitrogens with zero attached hydrogens (tertiary/aromatic N) is 2. The molecule has 98 valence electrons. The predicted octanol–water partition coefficient (Wildman–Crippen LogP) is 0.247. The minimum atomic E-state index is -0.627. The Balaban J connectivity index is 1.80. The summed E-state index contributed by atoms with van der Waals surface area (Å²) >= 11 is 0. The van der Waals surface area contributed by atoms with Gasteiger partial charge in [0.25, 0.3) is 0 Å². The van der Waals surface area contributed by atoms with Crippen LogP contribution in [0.25, 0.3) is 0 Å². The number of nitrogens with one attached hydrogen (secondary N) is 1. The van der Waals surface area contributed by atoms with Crippen molar-refractivity contribution < 1.29 is 9.90 Å². The molecule has 17 heavy (non-hydrogen) atoms. The maximum absolute atomic E-state index is 11.5. The van der Waals surface area contributed by atoms with Crippen LogP contribution in [-0.2, 0) is 0 Å². The molecule has 0 aliphatic carbocycles. The van der Waals surface area contributed by atoms with Crippen LogP contribution in [0, 0.1) is 0 Å². The second-order valence-electron chi connectivity index (χ2n) is 5.75. The van der Waals surface area contributed by atoms with Gasteiger partial charge in [0.2, 0.25) is 0 Å². The molecule has 2 fully saturated rings. The largest absolute Gasteiger partial charge is 0.389 e. The highest BCUT2D eigenvalue weighted by molar-refractivity contribution is 5.76. The average molecular weight is 241 g/mol. The van der Waals surface area contributed by atoms with E-state index < -0.39 is 5.60 Å². The van der Waals surface area contributed by atoms with Crippen LogP contribution in [0.5, 0.6) is 0 Å². The van der Waals surface area contributed by atoms with Crippen molar-refractivity contribution in [2.75, 3.05) is 32.7 Å². The number of rotatable bonds is 3. The molecule has 0 aromatic carbocycles. The summed E-state index contributed by atoms with van der Waals surface area (Å²) in [4.78, 5) is 15.8. The molecular weight excluding hydrogens is 218 g/mol.